The fourth-order valence-corrected chi connectivity index (χ4v) is 3.10. The quantitative estimate of drug-likeness (QED) is 0.751. The van der Waals surface area contributed by atoms with Crippen LogP contribution in [0.5, 0.6) is 5.75 Å². The number of aromatic nitrogens is 2. The summed E-state index contributed by atoms with van der Waals surface area (Å²) in [5, 5.41) is 12.4. The summed E-state index contributed by atoms with van der Waals surface area (Å²) in [6.07, 6.45) is 1.59. The molecule has 1 atom stereocenters. The Morgan fingerprint density at radius 1 is 1.16 bits per heavy atom. The summed E-state index contributed by atoms with van der Waals surface area (Å²) >= 11 is 0. The number of fused-ring (bicyclic) bond motifs is 1. The van der Waals surface area contributed by atoms with Crippen molar-refractivity contribution in [3.05, 3.63) is 71.7 Å². The van der Waals surface area contributed by atoms with E-state index < -0.39 is 11.6 Å². The number of anilines is 1. The molecule has 0 aliphatic carbocycles. The van der Waals surface area contributed by atoms with E-state index in [1.54, 1.807) is 24.3 Å². The van der Waals surface area contributed by atoms with Crippen molar-refractivity contribution in [2.24, 2.45) is 0 Å². The van der Waals surface area contributed by atoms with Crippen LogP contribution in [0.25, 0.3) is 5.69 Å². The van der Waals surface area contributed by atoms with Crippen molar-refractivity contribution in [1.82, 2.24) is 9.55 Å². The molecule has 126 valence electrons. The Morgan fingerprint density at radius 3 is 2.64 bits per heavy atom. The van der Waals surface area contributed by atoms with Gasteiger partial charge >= 0.3 is 0 Å². The molecular weight excluding hydrogens is 328 g/mol. The van der Waals surface area contributed by atoms with Gasteiger partial charge in [-0.2, -0.15) is 0 Å². The van der Waals surface area contributed by atoms with Crippen LogP contribution in [-0.2, 0) is 4.79 Å². The number of phenols is 1. The third kappa shape index (κ3) is 2.73. The monoisotopic (exact) mass is 341 g/mol. The first-order valence-electron chi connectivity index (χ1n) is 7.64. The lowest BCUT2D eigenvalue weighted by Crippen LogP contribution is -2.24. The van der Waals surface area contributed by atoms with E-state index in [0.29, 0.717) is 11.5 Å². The molecule has 0 radical (unpaired) electrons. The normalized spacial score (nSPS) is 16.4. The number of rotatable bonds is 2. The SMILES string of the molecule is O=C1C[C@H](c2cccc(O)c2)c2ncn(-c3cc(F)cc(F)c3)c2N1. The number of hydrogen-bond acceptors (Lipinski definition) is 3. The van der Waals surface area contributed by atoms with Gasteiger partial charge in [0.1, 0.15) is 29.5 Å². The van der Waals surface area contributed by atoms with E-state index in [2.05, 4.69) is 10.3 Å². The van der Waals surface area contributed by atoms with Crippen molar-refractivity contribution < 1.29 is 18.7 Å². The second-order valence-electron chi connectivity index (χ2n) is 5.88. The number of nitrogens with zero attached hydrogens (tertiary/aromatic N) is 2. The lowest BCUT2D eigenvalue weighted by atomic mass is 9.90. The van der Waals surface area contributed by atoms with Gasteiger partial charge in [0.25, 0.3) is 0 Å². The average molecular weight is 341 g/mol. The predicted octanol–water partition coefficient (Wildman–Crippen LogP) is 3.33. The standard InChI is InChI=1S/C18H13F2N3O2/c19-11-5-12(20)7-13(6-11)23-9-21-17-15(8-16(25)22-18(17)23)10-2-1-3-14(24)4-10/h1-7,9,15,24H,8H2,(H,22,25)/t15-/m1/s1. The van der Waals surface area contributed by atoms with E-state index in [1.165, 1.54) is 10.9 Å². The fraction of sp³-hybridized carbons (Fsp3) is 0.111. The summed E-state index contributed by atoms with van der Waals surface area (Å²) in [4.78, 5) is 16.5. The number of amides is 1. The molecular formula is C18H13F2N3O2. The number of benzene rings is 2. The Labute approximate surface area is 141 Å². The Bertz CT molecular complexity index is 964. The highest BCUT2D eigenvalue weighted by Gasteiger charge is 2.31. The van der Waals surface area contributed by atoms with Gasteiger partial charge in [0, 0.05) is 18.4 Å². The molecule has 4 rings (SSSR count). The van der Waals surface area contributed by atoms with Crippen LogP contribution in [0.15, 0.2) is 48.8 Å². The molecule has 0 saturated carbocycles. The molecule has 0 fully saturated rings. The molecule has 5 nitrogen and oxygen atoms in total. The van der Waals surface area contributed by atoms with Gasteiger partial charge < -0.3 is 10.4 Å². The number of carbonyl (C=O) groups excluding carboxylic acids is 1. The number of halogens is 2. The Balaban J connectivity index is 1.84. The molecule has 3 aromatic rings. The summed E-state index contributed by atoms with van der Waals surface area (Å²) in [7, 11) is 0. The third-order valence-corrected chi connectivity index (χ3v) is 4.17. The molecule has 0 unspecified atom stereocenters. The summed E-state index contributed by atoms with van der Waals surface area (Å²) in [5.41, 5.74) is 1.55. The van der Waals surface area contributed by atoms with Crippen LogP contribution < -0.4 is 5.32 Å². The van der Waals surface area contributed by atoms with Crippen LogP contribution in [0.2, 0.25) is 0 Å². The molecule has 1 aromatic heterocycles. The van der Waals surface area contributed by atoms with Gasteiger partial charge in [0.15, 0.2) is 0 Å². The topological polar surface area (TPSA) is 67.1 Å². The summed E-state index contributed by atoms with van der Waals surface area (Å²) in [5.74, 6) is -1.56. The summed E-state index contributed by atoms with van der Waals surface area (Å²) in [6, 6.07) is 9.71. The van der Waals surface area contributed by atoms with Crippen molar-refractivity contribution >= 4 is 11.7 Å². The highest BCUT2D eigenvalue weighted by atomic mass is 19.1. The van der Waals surface area contributed by atoms with Gasteiger partial charge in [-0.3, -0.25) is 9.36 Å². The average Bonchev–Trinajstić information content (AvgIpc) is 2.96. The van der Waals surface area contributed by atoms with Gasteiger partial charge in [-0.15, -0.1) is 0 Å². The van der Waals surface area contributed by atoms with E-state index >= 15 is 0 Å². The molecule has 2 N–H and O–H groups in total. The van der Waals surface area contributed by atoms with Gasteiger partial charge in [-0.1, -0.05) is 12.1 Å². The van der Waals surface area contributed by atoms with Gasteiger partial charge in [0.2, 0.25) is 5.91 Å². The van der Waals surface area contributed by atoms with Crippen LogP contribution in [0.4, 0.5) is 14.6 Å². The van der Waals surface area contributed by atoms with Crippen LogP contribution in [0, 0.1) is 11.6 Å². The Hall–Kier alpha value is -3.22. The molecule has 25 heavy (non-hydrogen) atoms. The second-order valence-corrected chi connectivity index (χ2v) is 5.88. The van der Waals surface area contributed by atoms with Crippen molar-refractivity contribution in [3.8, 4) is 11.4 Å². The molecule has 0 saturated heterocycles. The minimum Gasteiger partial charge on any atom is -0.508 e. The molecule has 1 aliphatic rings. The first-order chi connectivity index (χ1) is 12.0. The lowest BCUT2D eigenvalue weighted by Gasteiger charge is -2.23. The van der Waals surface area contributed by atoms with Gasteiger partial charge in [-0.25, -0.2) is 13.8 Å². The molecule has 1 aliphatic heterocycles. The predicted molar refractivity (Wildman–Crippen MR) is 86.7 cm³/mol. The molecule has 2 aromatic carbocycles. The minimum absolute atomic E-state index is 0.0941. The molecule has 0 spiro atoms. The molecule has 2 heterocycles. The number of nitrogens with one attached hydrogen (secondary N) is 1. The van der Waals surface area contributed by atoms with Crippen molar-refractivity contribution in [3.63, 3.8) is 0 Å². The van der Waals surface area contributed by atoms with Crippen LogP contribution in [0.1, 0.15) is 23.6 Å². The minimum atomic E-state index is -0.718. The molecule has 0 bridgehead atoms. The van der Waals surface area contributed by atoms with E-state index in [4.69, 9.17) is 0 Å². The van der Waals surface area contributed by atoms with Gasteiger partial charge in [-0.05, 0) is 29.8 Å². The number of hydrogen-bond donors (Lipinski definition) is 2. The Kier molecular flexibility index (Phi) is 3.49. The number of aromatic hydroxyl groups is 1. The van der Waals surface area contributed by atoms with E-state index in [0.717, 1.165) is 23.8 Å². The zero-order valence-corrected chi connectivity index (χ0v) is 12.9. The van der Waals surface area contributed by atoms with Gasteiger partial charge in [0.05, 0.1) is 11.4 Å². The number of imidazole rings is 1. The third-order valence-electron chi connectivity index (χ3n) is 4.17. The highest BCUT2D eigenvalue weighted by molar-refractivity contribution is 5.94. The van der Waals surface area contributed by atoms with E-state index in [-0.39, 0.29) is 29.7 Å². The van der Waals surface area contributed by atoms with Crippen molar-refractivity contribution in [1.29, 1.82) is 0 Å². The van der Waals surface area contributed by atoms with Crippen LogP contribution >= 0.6 is 0 Å². The number of carbonyl (C=O) groups is 1. The van der Waals surface area contributed by atoms with E-state index in [9.17, 15) is 18.7 Å². The largest absolute Gasteiger partial charge is 0.508 e. The second kappa shape index (κ2) is 5.70. The lowest BCUT2D eigenvalue weighted by molar-refractivity contribution is -0.116. The van der Waals surface area contributed by atoms with E-state index in [1.807, 2.05) is 0 Å². The van der Waals surface area contributed by atoms with Crippen LogP contribution in [-0.4, -0.2) is 20.6 Å². The zero-order valence-electron chi connectivity index (χ0n) is 12.9. The molecule has 1 amide bonds. The maximum absolute atomic E-state index is 13.5. The van der Waals surface area contributed by atoms with Crippen LogP contribution in [0.3, 0.4) is 0 Å². The Morgan fingerprint density at radius 2 is 1.92 bits per heavy atom. The smallest absolute Gasteiger partial charge is 0.226 e. The maximum atomic E-state index is 13.5. The fourth-order valence-electron chi connectivity index (χ4n) is 3.10. The summed E-state index contributed by atoms with van der Waals surface area (Å²) < 4.78 is 28.5. The number of phenolic OH excluding ortho intramolecular Hbond substituents is 1. The maximum Gasteiger partial charge on any atom is 0.226 e. The van der Waals surface area contributed by atoms with Crippen molar-refractivity contribution in [2.75, 3.05) is 5.32 Å². The zero-order chi connectivity index (χ0) is 17.6. The highest BCUT2D eigenvalue weighted by Crippen LogP contribution is 2.38. The summed E-state index contributed by atoms with van der Waals surface area (Å²) in [6.45, 7) is 0. The first-order valence-corrected chi connectivity index (χ1v) is 7.64. The van der Waals surface area contributed by atoms with Crippen molar-refractivity contribution in [2.45, 2.75) is 12.3 Å². The first kappa shape index (κ1) is 15.3. The molecule has 7 heteroatoms.